The summed E-state index contributed by atoms with van der Waals surface area (Å²) in [5, 5.41) is 9.08. The lowest BCUT2D eigenvalue weighted by molar-refractivity contribution is 0.588. The number of halogens is 1. The minimum atomic E-state index is -0.302. The fraction of sp³-hybridized carbons (Fsp3) is 0.400. The molecule has 3 aromatic rings. The molecule has 140 valence electrons. The lowest BCUT2D eigenvalue weighted by Gasteiger charge is -2.08. The summed E-state index contributed by atoms with van der Waals surface area (Å²) >= 11 is 0. The molecule has 1 aliphatic carbocycles. The first kappa shape index (κ1) is 17.6. The molecule has 4 rings (SSSR count). The molecule has 0 bridgehead atoms. The first-order valence-electron chi connectivity index (χ1n) is 9.28. The summed E-state index contributed by atoms with van der Waals surface area (Å²) in [6.07, 6.45) is 4.52. The van der Waals surface area contributed by atoms with Crippen LogP contribution >= 0.6 is 0 Å². The molecule has 7 heteroatoms. The van der Waals surface area contributed by atoms with Gasteiger partial charge in [-0.15, -0.1) is 0 Å². The van der Waals surface area contributed by atoms with Gasteiger partial charge in [0.2, 0.25) is 0 Å². The Morgan fingerprint density at radius 3 is 2.52 bits per heavy atom. The Kier molecular flexibility index (Phi) is 4.59. The Bertz CT molecular complexity index is 1020. The Morgan fingerprint density at radius 2 is 1.81 bits per heavy atom. The average molecular weight is 367 g/mol. The Labute approximate surface area is 156 Å². The zero-order valence-electron chi connectivity index (χ0n) is 15.5. The van der Waals surface area contributed by atoms with Crippen LogP contribution in [0.3, 0.4) is 0 Å². The number of benzene rings is 1. The highest BCUT2D eigenvalue weighted by Gasteiger charge is 2.24. The first-order chi connectivity index (χ1) is 13.0. The normalized spacial score (nSPS) is 14.8. The number of hydrogen-bond acceptors (Lipinski definition) is 4. The van der Waals surface area contributed by atoms with Gasteiger partial charge in [-0.25, -0.2) is 18.7 Å². The van der Waals surface area contributed by atoms with E-state index < -0.39 is 0 Å². The summed E-state index contributed by atoms with van der Waals surface area (Å²) < 4.78 is 16.4. The summed E-state index contributed by atoms with van der Waals surface area (Å²) in [5.41, 5.74) is 2.22. The van der Waals surface area contributed by atoms with Crippen molar-refractivity contribution in [1.29, 1.82) is 0 Å². The van der Waals surface area contributed by atoms with Crippen molar-refractivity contribution in [2.45, 2.75) is 52.0 Å². The number of aromatic nitrogens is 5. The van der Waals surface area contributed by atoms with E-state index in [2.05, 4.69) is 5.10 Å². The van der Waals surface area contributed by atoms with Gasteiger partial charge in [0, 0.05) is 12.0 Å². The van der Waals surface area contributed by atoms with E-state index in [9.17, 15) is 9.18 Å². The van der Waals surface area contributed by atoms with Crippen molar-refractivity contribution in [2.24, 2.45) is 0 Å². The highest BCUT2D eigenvalue weighted by molar-refractivity contribution is 5.32. The highest BCUT2D eigenvalue weighted by atomic mass is 19.1. The molecule has 0 amide bonds. The zero-order chi connectivity index (χ0) is 19.0. The molecule has 0 N–H and O–H groups in total. The standard InChI is InChI=1S/C20H22FN5O/c1-13-11-19(27)25(23-14(13)2)12-18-22-20(15-5-3-4-6-15)24-26(18)17-9-7-16(21)8-10-17/h7-11,15H,3-6,12H2,1-2H3. The molecular formula is C20H22FN5O. The van der Waals surface area contributed by atoms with Crippen molar-refractivity contribution in [3.8, 4) is 5.69 Å². The summed E-state index contributed by atoms with van der Waals surface area (Å²) in [6, 6.07) is 7.72. The molecule has 2 aromatic heterocycles. The van der Waals surface area contributed by atoms with Crippen LogP contribution in [0.15, 0.2) is 35.1 Å². The van der Waals surface area contributed by atoms with E-state index >= 15 is 0 Å². The van der Waals surface area contributed by atoms with Gasteiger partial charge in [0.25, 0.3) is 5.56 Å². The third-order valence-electron chi connectivity index (χ3n) is 5.21. The number of aryl methyl sites for hydroxylation is 2. The largest absolute Gasteiger partial charge is 0.268 e. The van der Waals surface area contributed by atoms with Gasteiger partial charge in [-0.05, 0) is 56.5 Å². The molecule has 0 unspecified atom stereocenters. The molecule has 1 aromatic carbocycles. The monoisotopic (exact) mass is 367 g/mol. The molecule has 27 heavy (non-hydrogen) atoms. The molecule has 1 aliphatic rings. The molecule has 0 radical (unpaired) electrons. The van der Waals surface area contributed by atoms with Crippen LogP contribution in [0.25, 0.3) is 5.69 Å². The van der Waals surface area contributed by atoms with Crippen LogP contribution in [-0.2, 0) is 6.54 Å². The summed E-state index contributed by atoms with van der Waals surface area (Å²) in [7, 11) is 0. The summed E-state index contributed by atoms with van der Waals surface area (Å²) in [6.45, 7) is 3.96. The lowest BCUT2D eigenvalue weighted by Crippen LogP contribution is -2.25. The summed E-state index contributed by atoms with van der Waals surface area (Å²) in [5.74, 6) is 1.46. The number of hydrogen-bond donors (Lipinski definition) is 0. The van der Waals surface area contributed by atoms with E-state index in [1.165, 1.54) is 29.7 Å². The van der Waals surface area contributed by atoms with Crippen LogP contribution in [0.2, 0.25) is 0 Å². The maximum Gasteiger partial charge on any atom is 0.267 e. The molecule has 0 spiro atoms. The predicted octanol–water partition coefficient (Wildman–Crippen LogP) is 3.29. The van der Waals surface area contributed by atoms with Crippen LogP contribution < -0.4 is 5.56 Å². The first-order valence-corrected chi connectivity index (χ1v) is 9.28. The van der Waals surface area contributed by atoms with Gasteiger partial charge in [0.15, 0.2) is 11.6 Å². The highest BCUT2D eigenvalue weighted by Crippen LogP contribution is 2.32. The fourth-order valence-electron chi connectivity index (χ4n) is 3.53. The van der Waals surface area contributed by atoms with Crippen LogP contribution in [0.4, 0.5) is 4.39 Å². The quantitative estimate of drug-likeness (QED) is 0.710. The van der Waals surface area contributed by atoms with Crippen molar-refractivity contribution in [2.75, 3.05) is 0 Å². The van der Waals surface area contributed by atoms with Gasteiger partial charge in [0.1, 0.15) is 12.4 Å². The van der Waals surface area contributed by atoms with E-state index in [4.69, 9.17) is 10.1 Å². The van der Waals surface area contributed by atoms with Gasteiger partial charge in [-0.1, -0.05) is 12.8 Å². The molecule has 1 fully saturated rings. The topological polar surface area (TPSA) is 65.6 Å². The van der Waals surface area contributed by atoms with Crippen LogP contribution in [0.1, 0.15) is 54.5 Å². The molecular weight excluding hydrogens is 345 g/mol. The van der Waals surface area contributed by atoms with Gasteiger partial charge in [0.05, 0.1) is 11.4 Å². The number of rotatable bonds is 4. The SMILES string of the molecule is Cc1cc(=O)n(Cc2nc(C3CCCC3)nn2-c2ccc(F)cc2)nc1C. The Hall–Kier alpha value is -2.83. The van der Waals surface area contributed by atoms with Gasteiger partial charge in [-0.2, -0.15) is 10.2 Å². The Morgan fingerprint density at radius 1 is 1.11 bits per heavy atom. The van der Waals surface area contributed by atoms with Crippen molar-refractivity contribution in [3.05, 3.63) is 69.4 Å². The van der Waals surface area contributed by atoms with Gasteiger partial charge in [-0.3, -0.25) is 4.79 Å². The van der Waals surface area contributed by atoms with Crippen LogP contribution in [0, 0.1) is 19.7 Å². The van der Waals surface area contributed by atoms with E-state index in [0.29, 0.717) is 11.7 Å². The second-order valence-corrected chi connectivity index (χ2v) is 7.16. The van der Waals surface area contributed by atoms with Crippen LogP contribution in [-0.4, -0.2) is 24.5 Å². The third kappa shape index (κ3) is 3.54. The smallest absolute Gasteiger partial charge is 0.267 e. The van der Waals surface area contributed by atoms with E-state index in [1.807, 2.05) is 13.8 Å². The molecule has 2 heterocycles. The maximum absolute atomic E-state index is 13.3. The van der Waals surface area contributed by atoms with Gasteiger partial charge < -0.3 is 0 Å². The van der Waals surface area contributed by atoms with Crippen LogP contribution in [0.5, 0.6) is 0 Å². The lowest BCUT2D eigenvalue weighted by atomic mass is 10.1. The molecule has 6 nitrogen and oxygen atoms in total. The molecule has 0 aliphatic heterocycles. The molecule has 0 saturated heterocycles. The van der Waals surface area contributed by atoms with E-state index in [0.717, 1.165) is 35.6 Å². The molecule has 0 atom stereocenters. The summed E-state index contributed by atoms with van der Waals surface area (Å²) in [4.78, 5) is 17.1. The Balaban J connectivity index is 1.77. The third-order valence-corrected chi connectivity index (χ3v) is 5.21. The van der Waals surface area contributed by atoms with Gasteiger partial charge >= 0.3 is 0 Å². The fourth-order valence-corrected chi connectivity index (χ4v) is 3.53. The number of nitrogens with zero attached hydrogens (tertiary/aromatic N) is 5. The average Bonchev–Trinajstić information content (AvgIpc) is 3.30. The van der Waals surface area contributed by atoms with E-state index in [-0.39, 0.29) is 17.9 Å². The van der Waals surface area contributed by atoms with E-state index in [1.54, 1.807) is 22.9 Å². The van der Waals surface area contributed by atoms with Crippen molar-refractivity contribution in [1.82, 2.24) is 24.5 Å². The predicted molar refractivity (Wildman–Crippen MR) is 99.6 cm³/mol. The minimum Gasteiger partial charge on any atom is -0.268 e. The zero-order valence-corrected chi connectivity index (χ0v) is 15.5. The molecule has 1 saturated carbocycles. The minimum absolute atomic E-state index is 0.172. The van der Waals surface area contributed by atoms with Crippen molar-refractivity contribution in [3.63, 3.8) is 0 Å². The maximum atomic E-state index is 13.3. The second-order valence-electron chi connectivity index (χ2n) is 7.16. The van der Waals surface area contributed by atoms with Crippen molar-refractivity contribution >= 4 is 0 Å². The second kappa shape index (κ2) is 7.06. The van der Waals surface area contributed by atoms with Crippen molar-refractivity contribution < 1.29 is 4.39 Å².